The highest BCUT2D eigenvalue weighted by molar-refractivity contribution is 5.94. The average molecular weight is 341 g/mol. The number of hydrogen-bond donors (Lipinski definition) is 2. The van der Waals surface area contributed by atoms with E-state index < -0.39 is 5.91 Å². The first-order chi connectivity index (χ1) is 12.2. The third-order valence-corrected chi connectivity index (χ3v) is 3.37. The van der Waals surface area contributed by atoms with Crippen LogP contribution in [0.1, 0.15) is 16.2 Å². The maximum atomic E-state index is 11.5. The summed E-state index contributed by atoms with van der Waals surface area (Å²) in [6.07, 6.45) is 0. The van der Waals surface area contributed by atoms with Crippen LogP contribution in [0.3, 0.4) is 0 Å². The Hall–Kier alpha value is -3.39. The second kappa shape index (κ2) is 7.45. The summed E-state index contributed by atoms with van der Waals surface area (Å²) in [6, 6.07) is 13.9. The molecule has 2 N–H and O–H groups in total. The second-order valence-corrected chi connectivity index (χ2v) is 4.98. The lowest BCUT2D eigenvalue weighted by Crippen LogP contribution is -2.18. The Morgan fingerprint density at radius 1 is 1.20 bits per heavy atom. The smallest absolute Gasteiger partial charge is 0.274 e. The molecule has 0 saturated heterocycles. The molecule has 3 rings (SSSR count). The van der Waals surface area contributed by atoms with Gasteiger partial charge in [0.25, 0.3) is 11.8 Å². The van der Waals surface area contributed by atoms with Crippen molar-refractivity contribution in [2.24, 2.45) is 0 Å². The second-order valence-electron chi connectivity index (χ2n) is 4.98. The summed E-state index contributed by atoms with van der Waals surface area (Å²) in [7, 11) is 1.48. The van der Waals surface area contributed by atoms with Crippen LogP contribution >= 0.6 is 0 Å². The van der Waals surface area contributed by atoms with Gasteiger partial charge in [-0.25, -0.2) is 5.48 Å². The van der Waals surface area contributed by atoms with Crippen LogP contribution in [0.5, 0.6) is 11.5 Å². The van der Waals surface area contributed by atoms with Gasteiger partial charge in [-0.2, -0.15) is 4.98 Å². The lowest BCUT2D eigenvalue weighted by Gasteiger charge is -2.10. The van der Waals surface area contributed by atoms with E-state index >= 15 is 0 Å². The molecule has 0 atom stereocenters. The van der Waals surface area contributed by atoms with Crippen LogP contribution < -0.4 is 15.0 Å². The number of benzene rings is 2. The number of nitrogens with one attached hydrogen (secondary N) is 1. The Bertz CT molecular complexity index is 864. The molecule has 0 aliphatic carbocycles. The first kappa shape index (κ1) is 16.5. The SMILES string of the molecule is COc1ccc(C(=O)NO)cc1OCc1noc(-c2ccccc2)n1. The van der Waals surface area contributed by atoms with Gasteiger partial charge in [0.2, 0.25) is 5.82 Å². The summed E-state index contributed by atoms with van der Waals surface area (Å²) in [4.78, 5) is 15.8. The van der Waals surface area contributed by atoms with Gasteiger partial charge in [-0.05, 0) is 30.3 Å². The van der Waals surface area contributed by atoms with Crippen LogP contribution in [0.4, 0.5) is 0 Å². The predicted octanol–water partition coefficient (Wildman–Crippen LogP) is 2.44. The van der Waals surface area contributed by atoms with Crippen molar-refractivity contribution in [3.05, 3.63) is 59.9 Å². The highest BCUT2D eigenvalue weighted by Gasteiger charge is 2.13. The molecule has 0 bridgehead atoms. The number of aromatic nitrogens is 2. The maximum absolute atomic E-state index is 11.5. The predicted molar refractivity (Wildman–Crippen MR) is 86.3 cm³/mol. The minimum Gasteiger partial charge on any atom is -0.493 e. The standard InChI is InChI=1S/C17H15N3O5/c1-23-13-8-7-12(16(21)19-22)9-14(13)24-10-15-18-17(25-20-15)11-5-3-2-4-6-11/h2-9,22H,10H2,1H3,(H,19,21). The molecule has 3 aromatic rings. The van der Waals surface area contributed by atoms with Crippen molar-refractivity contribution in [1.29, 1.82) is 0 Å². The molecule has 0 aliphatic heterocycles. The van der Waals surface area contributed by atoms with Gasteiger partial charge in [-0.15, -0.1) is 0 Å². The molecule has 2 aromatic carbocycles. The minimum atomic E-state index is -0.654. The molecule has 0 fully saturated rings. The average Bonchev–Trinajstić information content (AvgIpc) is 3.15. The van der Waals surface area contributed by atoms with Crippen molar-refractivity contribution in [3.63, 3.8) is 0 Å². The Labute approximate surface area is 143 Å². The molecule has 0 saturated carbocycles. The summed E-state index contributed by atoms with van der Waals surface area (Å²) >= 11 is 0. The van der Waals surface area contributed by atoms with E-state index in [4.69, 9.17) is 19.2 Å². The molecular formula is C17H15N3O5. The van der Waals surface area contributed by atoms with Gasteiger partial charge in [0, 0.05) is 11.1 Å². The topological polar surface area (TPSA) is 107 Å². The van der Waals surface area contributed by atoms with Crippen molar-refractivity contribution >= 4 is 5.91 Å². The lowest BCUT2D eigenvalue weighted by molar-refractivity contribution is 0.0706. The number of amides is 1. The zero-order valence-electron chi connectivity index (χ0n) is 13.3. The highest BCUT2D eigenvalue weighted by atomic mass is 16.5. The van der Waals surface area contributed by atoms with Crippen LogP contribution in [0.25, 0.3) is 11.5 Å². The molecule has 25 heavy (non-hydrogen) atoms. The molecular weight excluding hydrogens is 326 g/mol. The number of nitrogens with zero attached hydrogens (tertiary/aromatic N) is 2. The molecule has 0 unspecified atom stereocenters. The first-order valence-electron chi connectivity index (χ1n) is 7.34. The third kappa shape index (κ3) is 3.75. The van der Waals surface area contributed by atoms with Crippen LogP contribution in [0, 0.1) is 0 Å². The van der Waals surface area contributed by atoms with Crippen LogP contribution in [-0.4, -0.2) is 28.4 Å². The minimum absolute atomic E-state index is 0.0247. The number of carbonyl (C=O) groups is 1. The summed E-state index contributed by atoms with van der Waals surface area (Å²) < 4.78 is 16.0. The van der Waals surface area contributed by atoms with Gasteiger partial charge in [0.1, 0.15) is 0 Å². The van der Waals surface area contributed by atoms with E-state index in [1.54, 1.807) is 11.5 Å². The molecule has 128 valence electrons. The largest absolute Gasteiger partial charge is 0.493 e. The Morgan fingerprint density at radius 2 is 2.00 bits per heavy atom. The van der Waals surface area contributed by atoms with Gasteiger partial charge >= 0.3 is 0 Å². The number of carbonyl (C=O) groups excluding carboxylic acids is 1. The van der Waals surface area contributed by atoms with E-state index in [9.17, 15) is 4.79 Å². The van der Waals surface area contributed by atoms with E-state index in [1.165, 1.54) is 19.2 Å². The molecule has 1 aromatic heterocycles. The van der Waals surface area contributed by atoms with Gasteiger partial charge in [0.15, 0.2) is 18.1 Å². The molecule has 8 heteroatoms. The van der Waals surface area contributed by atoms with Crippen LogP contribution in [0.2, 0.25) is 0 Å². The monoisotopic (exact) mass is 341 g/mol. The summed E-state index contributed by atoms with van der Waals surface area (Å²) in [5, 5.41) is 12.6. The number of ether oxygens (including phenoxy) is 2. The van der Waals surface area contributed by atoms with Crippen molar-refractivity contribution in [2.75, 3.05) is 7.11 Å². The van der Waals surface area contributed by atoms with Gasteiger partial charge in [0.05, 0.1) is 7.11 Å². The quantitative estimate of drug-likeness (QED) is 0.524. The summed E-state index contributed by atoms with van der Waals surface area (Å²) in [5.41, 5.74) is 2.59. The highest BCUT2D eigenvalue weighted by Crippen LogP contribution is 2.29. The zero-order valence-corrected chi connectivity index (χ0v) is 13.3. The Kier molecular flexibility index (Phi) is 4.91. The van der Waals surface area contributed by atoms with Crippen LogP contribution in [-0.2, 0) is 6.61 Å². The molecule has 0 aliphatic rings. The van der Waals surface area contributed by atoms with Crippen LogP contribution in [0.15, 0.2) is 53.1 Å². The molecule has 1 heterocycles. The molecule has 0 radical (unpaired) electrons. The van der Waals surface area contributed by atoms with Crippen molar-refractivity contribution in [1.82, 2.24) is 15.6 Å². The van der Waals surface area contributed by atoms with E-state index in [-0.39, 0.29) is 12.2 Å². The first-order valence-corrected chi connectivity index (χ1v) is 7.34. The Balaban J connectivity index is 1.75. The lowest BCUT2D eigenvalue weighted by atomic mass is 10.2. The third-order valence-electron chi connectivity index (χ3n) is 3.37. The molecule has 8 nitrogen and oxygen atoms in total. The van der Waals surface area contributed by atoms with Crippen molar-refractivity contribution in [3.8, 4) is 23.0 Å². The van der Waals surface area contributed by atoms with E-state index in [0.717, 1.165) is 5.56 Å². The molecule has 1 amide bonds. The number of hydrogen-bond acceptors (Lipinski definition) is 7. The maximum Gasteiger partial charge on any atom is 0.274 e. The van der Waals surface area contributed by atoms with Gasteiger partial charge < -0.3 is 14.0 Å². The van der Waals surface area contributed by atoms with E-state index in [1.807, 2.05) is 30.3 Å². The summed E-state index contributed by atoms with van der Waals surface area (Å²) in [6.45, 7) is 0.0247. The number of hydroxylamine groups is 1. The number of rotatable bonds is 6. The fourth-order valence-corrected chi connectivity index (χ4v) is 2.15. The van der Waals surface area contributed by atoms with Gasteiger partial charge in [-0.1, -0.05) is 23.4 Å². The van der Waals surface area contributed by atoms with Crippen molar-refractivity contribution < 1.29 is 24.0 Å². The Morgan fingerprint density at radius 3 is 2.72 bits per heavy atom. The summed E-state index contributed by atoms with van der Waals surface area (Å²) in [5.74, 6) is 0.826. The zero-order chi connectivity index (χ0) is 17.6. The normalized spacial score (nSPS) is 10.3. The number of methoxy groups -OCH3 is 1. The van der Waals surface area contributed by atoms with Gasteiger partial charge in [-0.3, -0.25) is 10.0 Å². The fourth-order valence-electron chi connectivity index (χ4n) is 2.15. The molecule has 0 spiro atoms. The fraction of sp³-hybridized carbons (Fsp3) is 0.118. The van der Waals surface area contributed by atoms with Crippen molar-refractivity contribution in [2.45, 2.75) is 6.61 Å². The van der Waals surface area contributed by atoms with E-state index in [2.05, 4.69) is 10.1 Å². The van der Waals surface area contributed by atoms with E-state index in [0.29, 0.717) is 23.2 Å².